The number of carboxylic acid groups (broad SMARTS) is 1. The molecule has 0 bridgehead atoms. The summed E-state index contributed by atoms with van der Waals surface area (Å²) in [6.07, 6.45) is 1.46. The van der Waals surface area contributed by atoms with Gasteiger partial charge in [0.05, 0.1) is 6.10 Å². The molecule has 0 amide bonds. The first kappa shape index (κ1) is 13.5. The minimum absolute atomic E-state index is 0.183. The van der Waals surface area contributed by atoms with Crippen molar-refractivity contribution in [3.8, 4) is 5.75 Å². The smallest absolute Gasteiger partial charge is 0.320 e. The van der Waals surface area contributed by atoms with Gasteiger partial charge in [-0.1, -0.05) is 19.1 Å². The topological polar surface area (TPSA) is 72.5 Å². The van der Waals surface area contributed by atoms with Crippen LogP contribution in [0, 0.1) is 0 Å². The van der Waals surface area contributed by atoms with Gasteiger partial charge in [0.25, 0.3) is 0 Å². The molecule has 4 heteroatoms. The lowest BCUT2D eigenvalue weighted by molar-refractivity contribution is -0.138. The zero-order chi connectivity index (χ0) is 12.8. The molecule has 0 saturated heterocycles. The van der Waals surface area contributed by atoms with Crippen molar-refractivity contribution in [3.63, 3.8) is 0 Å². The Bertz CT molecular complexity index is 361. The van der Waals surface area contributed by atoms with E-state index in [9.17, 15) is 4.79 Å². The maximum atomic E-state index is 10.6. The van der Waals surface area contributed by atoms with Crippen LogP contribution in [0.1, 0.15) is 25.8 Å². The number of hydrogen-bond donors (Lipinski definition) is 2. The van der Waals surface area contributed by atoms with Crippen molar-refractivity contribution in [2.45, 2.75) is 38.8 Å². The summed E-state index contributed by atoms with van der Waals surface area (Å²) in [7, 11) is 0. The summed E-state index contributed by atoms with van der Waals surface area (Å²) >= 11 is 0. The second kappa shape index (κ2) is 6.25. The number of nitrogens with two attached hydrogens (primary N) is 1. The SMILES string of the molecule is CCC(C)Oc1ccc(C[C@H](N)C(=O)O)cc1. The molecule has 1 aromatic carbocycles. The molecule has 94 valence electrons. The number of carboxylic acids is 1. The van der Waals surface area contributed by atoms with Crippen LogP contribution in [0.25, 0.3) is 0 Å². The number of carbonyl (C=O) groups is 1. The Morgan fingerprint density at radius 1 is 1.41 bits per heavy atom. The third-order valence-corrected chi connectivity index (χ3v) is 2.61. The first-order valence-corrected chi connectivity index (χ1v) is 5.77. The van der Waals surface area contributed by atoms with E-state index in [1.165, 1.54) is 0 Å². The van der Waals surface area contributed by atoms with Crippen molar-refractivity contribution in [2.75, 3.05) is 0 Å². The first-order valence-electron chi connectivity index (χ1n) is 5.77. The average Bonchev–Trinajstić information content (AvgIpc) is 2.31. The molecule has 2 atom stereocenters. The second-order valence-electron chi connectivity index (χ2n) is 4.13. The molecular formula is C13H19NO3. The predicted octanol–water partition coefficient (Wildman–Crippen LogP) is 1.82. The van der Waals surface area contributed by atoms with Crippen LogP contribution in [0.2, 0.25) is 0 Å². The quantitative estimate of drug-likeness (QED) is 0.791. The van der Waals surface area contributed by atoms with E-state index in [4.69, 9.17) is 15.6 Å². The van der Waals surface area contributed by atoms with E-state index in [0.717, 1.165) is 17.7 Å². The molecule has 0 saturated carbocycles. The second-order valence-corrected chi connectivity index (χ2v) is 4.13. The summed E-state index contributed by atoms with van der Waals surface area (Å²) < 4.78 is 5.62. The largest absolute Gasteiger partial charge is 0.491 e. The minimum atomic E-state index is -0.982. The van der Waals surface area contributed by atoms with Gasteiger partial charge in [-0.25, -0.2) is 0 Å². The van der Waals surface area contributed by atoms with Gasteiger partial charge in [-0.05, 0) is 37.5 Å². The minimum Gasteiger partial charge on any atom is -0.491 e. The summed E-state index contributed by atoms with van der Waals surface area (Å²) in [5.41, 5.74) is 6.36. The van der Waals surface area contributed by atoms with Crippen molar-refractivity contribution in [2.24, 2.45) is 5.73 Å². The zero-order valence-electron chi connectivity index (χ0n) is 10.2. The lowest BCUT2D eigenvalue weighted by Gasteiger charge is -2.13. The maximum Gasteiger partial charge on any atom is 0.320 e. The number of rotatable bonds is 6. The van der Waals surface area contributed by atoms with Crippen LogP contribution in [-0.4, -0.2) is 23.2 Å². The molecule has 1 aromatic rings. The van der Waals surface area contributed by atoms with Gasteiger partial charge in [-0.15, -0.1) is 0 Å². The lowest BCUT2D eigenvalue weighted by atomic mass is 10.1. The molecule has 4 nitrogen and oxygen atoms in total. The fourth-order valence-corrected chi connectivity index (χ4v) is 1.36. The van der Waals surface area contributed by atoms with Crippen LogP contribution < -0.4 is 10.5 Å². The third-order valence-electron chi connectivity index (χ3n) is 2.61. The Kier molecular flexibility index (Phi) is 4.97. The summed E-state index contributed by atoms with van der Waals surface area (Å²) in [5.74, 6) is -0.183. The highest BCUT2D eigenvalue weighted by Gasteiger charge is 2.11. The van der Waals surface area contributed by atoms with Gasteiger partial charge < -0.3 is 15.6 Å². The molecule has 0 aliphatic carbocycles. The van der Waals surface area contributed by atoms with Gasteiger partial charge in [0, 0.05) is 0 Å². The summed E-state index contributed by atoms with van der Waals surface area (Å²) in [6.45, 7) is 4.07. The number of aliphatic carboxylic acids is 1. The van der Waals surface area contributed by atoms with Crippen molar-refractivity contribution >= 4 is 5.97 Å². The summed E-state index contributed by atoms with van der Waals surface area (Å²) in [4.78, 5) is 10.6. The Hall–Kier alpha value is -1.55. The van der Waals surface area contributed by atoms with E-state index in [1.807, 2.05) is 31.2 Å². The molecule has 0 fully saturated rings. The fourth-order valence-electron chi connectivity index (χ4n) is 1.36. The molecule has 17 heavy (non-hydrogen) atoms. The van der Waals surface area contributed by atoms with Crippen LogP contribution in [0.5, 0.6) is 5.75 Å². The van der Waals surface area contributed by atoms with Gasteiger partial charge in [0.1, 0.15) is 11.8 Å². The number of hydrogen-bond acceptors (Lipinski definition) is 3. The summed E-state index contributed by atoms with van der Waals surface area (Å²) in [5, 5.41) is 8.70. The Balaban J connectivity index is 2.58. The molecule has 1 rings (SSSR count). The van der Waals surface area contributed by atoms with Gasteiger partial charge in [0.15, 0.2) is 0 Å². The number of benzene rings is 1. The van der Waals surface area contributed by atoms with E-state index in [1.54, 1.807) is 0 Å². The standard InChI is InChI=1S/C13H19NO3/c1-3-9(2)17-11-6-4-10(5-7-11)8-12(14)13(15)16/h4-7,9,12H,3,8,14H2,1-2H3,(H,15,16)/t9?,12-/m0/s1. The fraction of sp³-hybridized carbons (Fsp3) is 0.462. The Labute approximate surface area is 101 Å². The van der Waals surface area contributed by atoms with Gasteiger partial charge in [0.2, 0.25) is 0 Å². The van der Waals surface area contributed by atoms with E-state index in [2.05, 4.69) is 6.92 Å². The van der Waals surface area contributed by atoms with Gasteiger partial charge in [-0.3, -0.25) is 4.79 Å². The van der Waals surface area contributed by atoms with Crippen LogP contribution in [0.15, 0.2) is 24.3 Å². The first-order chi connectivity index (χ1) is 8.02. The highest BCUT2D eigenvalue weighted by Crippen LogP contribution is 2.15. The van der Waals surface area contributed by atoms with Gasteiger partial charge >= 0.3 is 5.97 Å². The molecular weight excluding hydrogens is 218 g/mol. The van der Waals surface area contributed by atoms with Crippen LogP contribution in [0.4, 0.5) is 0 Å². The van der Waals surface area contributed by atoms with Crippen LogP contribution >= 0.6 is 0 Å². The van der Waals surface area contributed by atoms with Crippen molar-refractivity contribution in [1.82, 2.24) is 0 Å². The zero-order valence-corrected chi connectivity index (χ0v) is 10.2. The maximum absolute atomic E-state index is 10.6. The molecule has 0 aliphatic rings. The van der Waals surface area contributed by atoms with E-state index in [0.29, 0.717) is 6.42 Å². The third kappa shape index (κ3) is 4.44. The highest BCUT2D eigenvalue weighted by molar-refractivity contribution is 5.73. The Morgan fingerprint density at radius 3 is 2.47 bits per heavy atom. The van der Waals surface area contributed by atoms with E-state index in [-0.39, 0.29) is 6.10 Å². The monoisotopic (exact) mass is 237 g/mol. The van der Waals surface area contributed by atoms with E-state index < -0.39 is 12.0 Å². The highest BCUT2D eigenvalue weighted by atomic mass is 16.5. The molecule has 3 N–H and O–H groups in total. The van der Waals surface area contributed by atoms with Crippen molar-refractivity contribution in [3.05, 3.63) is 29.8 Å². The van der Waals surface area contributed by atoms with Crippen molar-refractivity contribution in [1.29, 1.82) is 0 Å². The predicted molar refractivity (Wildman–Crippen MR) is 66.1 cm³/mol. The van der Waals surface area contributed by atoms with E-state index >= 15 is 0 Å². The molecule has 0 radical (unpaired) electrons. The molecule has 1 unspecified atom stereocenters. The molecule has 0 spiro atoms. The van der Waals surface area contributed by atoms with Gasteiger partial charge in [-0.2, -0.15) is 0 Å². The Morgan fingerprint density at radius 2 is 2.00 bits per heavy atom. The lowest BCUT2D eigenvalue weighted by Crippen LogP contribution is -2.32. The van der Waals surface area contributed by atoms with Crippen LogP contribution in [0.3, 0.4) is 0 Å². The molecule has 0 aromatic heterocycles. The average molecular weight is 237 g/mol. The normalized spacial score (nSPS) is 14.1. The molecule has 0 aliphatic heterocycles. The molecule has 0 heterocycles. The van der Waals surface area contributed by atoms with Crippen molar-refractivity contribution < 1.29 is 14.6 Å². The summed E-state index contributed by atoms with van der Waals surface area (Å²) in [6, 6.07) is 6.53. The van der Waals surface area contributed by atoms with Crippen LogP contribution in [-0.2, 0) is 11.2 Å². The number of ether oxygens (including phenoxy) is 1.